The second-order valence-corrected chi connectivity index (χ2v) is 9.79. The summed E-state index contributed by atoms with van der Waals surface area (Å²) in [5, 5.41) is 7.98. The zero-order valence-corrected chi connectivity index (χ0v) is 21.9. The number of para-hydroxylation sites is 1. The maximum atomic E-state index is 13.5. The highest BCUT2D eigenvalue weighted by molar-refractivity contribution is 8.16. The van der Waals surface area contributed by atoms with Gasteiger partial charge in [-0.05, 0) is 31.5 Å². The molecule has 2 aliphatic rings. The molecule has 1 atom stereocenters. The molecule has 6 rings (SSSR count). The minimum Gasteiger partial charge on any atom is -0.463 e. The van der Waals surface area contributed by atoms with E-state index in [1.54, 1.807) is 11.8 Å². The zero-order valence-electron chi connectivity index (χ0n) is 21.1. The van der Waals surface area contributed by atoms with E-state index in [1.165, 1.54) is 0 Å². The number of allylic oxidation sites excluding steroid dienone is 1. The molecule has 4 aromatic rings. The second kappa shape index (κ2) is 10.2. The van der Waals surface area contributed by atoms with Gasteiger partial charge in [0, 0.05) is 22.7 Å². The van der Waals surface area contributed by atoms with Crippen LogP contribution in [0.2, 0.25) is 0 Å². The maximum Gasteiger partial charge on any atom is 0.338 e. The van der Waals surface area contributed by atoms with E-state index in [9.17, 15) is 4.79 Å². The molecule has 0 spiro atoms. The van der Waals surface area contributed by atoms with Crippen molar-refractivity contribution in [3.8, 4) is 16.9 Å². The largest absolute Gasteiger partial charge is 0.463 e. The van der Waals surface area contributed by atoms with Gasteiger partial charge in [0.2, 0.25) is 0 Å². The zero-order chi connectivity index (χ0) is 26.1. The Bertz CT molecular complexity index is 1570. The fourth-order valence-electron chi connectivity index (χ4n) is 4.89. The number of benzene rings is 3. The van der Waals surface area contributed by atoms with E-state index in [4.69, 9.17) is 14.8 Å². The Balaban J connectivity index is 1.59. The molecular formula is C31H26N4O2S. The molecule has 0 amide bonds. The number of hydrogen-bond acceptors (Lipinski definition) is 6. The quantitative estimate of drug-likeness (QED) is 0.262. The third-order valence-electron chi connectivity index (χ3n) is 6.60. The van der Waals surface area contributed by atoms with Gasteiger partial charge in [-0.25, -0.2) is 14.5 Å². The molecule has 3 aromatic carbocycles. The molecule has 1 aromatic heterocycles. The molecule has 0 aliphatic carbocycles. The average molecular weight is 519 g/mol. The lowest BCUT2D eigenvalue weighted by molar-refractivity contribution is -0.139. The number of nitrogens with zero attached hydrogens (tertiary/aromatic N) is 4. The smallest absolute Gasteiger partial charge is 0.338 e. The number of fused-ring (bicyclic) bond motifs is 1. The molecule has 38 heavy (non-hydrogen) atoms. The summed E-state index contributed by atoms with van der Waals surface area (Å²) in [4.78, 5) is 20.5. The third kappa shape index (κ3) is 4.25. The summed E-state index contributed by atoms with van der Waals surface area (Å²) < 4.78 is 7.47. The van der Waals surface area contributed by atoms with Crippen LogP contribution in [0.5, 0.6) is 0 Å². The first-order chi connectivity index (χ1) is 18.7. The van der Waals surface area contributed by atoms with Crippen LogP contribution in [0.3, 0.4) is 0 Å². The van der Waals surface area contributed by atoms with Crippen molar-refractivity contribution in [2.24, 2.45) is 4.99 Å². The standard InChI is InChI=1S/C31H26N4O2S/c1-3-37-30(36)27-21(2)32-31-35(26(20-38-31)22-13-7-4-8-14-22)29(27)25-19-34(24-17-11-6-12-18-24)33-28(25)23-15-9-5-10-16-23/h4-20,29H,3H2,1-2H3/t29-/m0/s1. The first-order valence-electron chi connectivity index (χ1n) is 12.5. The van der Waals surface area contributed by atoms with E-state index >= 15 is 0 Å². The van der Waals surface area contributed by atoms with E-state index in [1.807, 2.05) is 104 Å². The lowest BCUT2D eigenvalue weighted by atomic mass is 9.92. The number of esters is 1. The van der Waals surface area contributed by atoms with Gasteiger partial charge in [-0.15, -0.1) is 0 Å². The fourth-order valence-corrected chi connectivity index (χ4v) is 5.86. The van der Waals surface area contributed by atoms with Crippen LogP contribution in [0.4, 0.5) is 0 Å². The predicted molar refractivity (Wildman–Crippen MR) is 152 cm³/mol. The number of amidine groups is 1. The lowest BCUT2D eigenvalue weighted by Gasteiger charge is -2.36. The summed E-state index contributed by atoms with van der Waals surface area (Å²) in [5.74, 6) is -0.367. The number of rotatable bonds is 6. The molecule has 188 valence electrons. The number of aliphatic imine (C=N–C) groups is 1. The summed E-state index contributed by atoms with van der Waals surface area (Å²) in [5.41, 5.74) is 6.83. The van der Waals surface area contributed by atoms with Crippen molar-refractivity contribution in [2.45, 2.75) is 19.9 Å². The van der Waals surface area contributed by atoms with Gasteiger partial charge in [-0.1, -0.05) is 90.6 Å². The van der Waals surface area contributed by atoms with Gasteiger partial charge in [-0.2, -0.15) is 5.10 Å². The van der Waals surface area contributed by atoms with Gasteiger partial charge in [0.1, 0.15) is 0 Å². The number of carbonyl (C=O) groups excluding carboxylic acids is 1. The van der Waals surface area contributed by atoms with Crippen molar-refractivity contribution in [1.29, 1.82) is 0 Å². The number of thioether (sulfide) groups is 1. The van der Waals surface area contributed by atoms with Crippen molar-refractivity contribution in [2.75, 3.05) is 6.61 Å². The van der Waals surface area contributed by atoms with Crippen LogP contribution < -0.4 is 0 Å². The fraction of sp³-hybridized carbons (Fsp3) is 0.129. The van der Waals surface area contributed by atoms with Crippen LogP contribution in [-0.4, -0.2) is 32.4 Å². The Morgan fingerprint density at radius 3 is 2.21 bits per heavy atom. The van der Waals surface area contributed by atoms with Gasteiger partial charge in [0.05, 0.1) is 41.0 Å². The van der Waals surface area contributed by atoms with Crippen molar-refractivity contribution in [3.05, 3.63) is 125 Å². The number of ether oxygens (including phenoxy) is 1. The Kier molecular flexibility index (Phi) is 6.43. The molecule has 0 N–H and O–H groups in total. The summed E-state index contributed by atoms with van der Waals surface area (Å²) in [6, 6.07) is 29.8. The minimum atomic E-state index is -0.476. The predicted octanol–water partition coefficient (Wildman–Crippen LogP) is 6.83. The van der Waals surface area contributed by atoms with Gasteiger partial charge < -0.3 is 9.64 Å². The molecule has 0 radical (unpaired) electrons. The van der Waals surface area contributed by atoms with Gasteiger partial charge in [0.25, 0.3) is 0 Å². The number of aromatic nitrogens is 2. The van der Waals surface area contributed by atoms with Crippen LogP contribution in [0.1, 0.15) is 31.0 Å². The van der Waals surface area contributed by atoms with E-state index in [2.05, 4.69) is 22.4 Å². The molecule has 0 saturated carbocycles. The molecule has 0 bridgehead atoms. The van der Waals surface area contributed by atoms with Crippen LogP contribution in [0.25, 0.3) is 22.6 Å². The highest BCUT2D eigenvalue weighted by atomic mass is 32.2. The summed E-state index contributed by atoms with van der Waals surface area (Å²) in [6.07, 6.45) is 2.03. The van der Waals surface area contributed by atoms with Crippen LogP contribution in [-0.2, 0) is 9.53 Å². The SMILES string of the molecule is CCOC(=O)C1=C(C)N=C2SC=C(c3ccccc3)N2[C@H]1c1cn(-c2ccccc2)nc1-c1ccccc1. The lowest BCUT2D eigenvalue weighted by Crippen LogP contribution is -2.36. The second-order valence-electron chi connectivity index (χ2n) is 8.95. The highest BCUT2D eigenvalue weighted by Crippen LogP contribution is 2.48. The molecule has 0 unspecified atom stereocenters. The van der Waals surface area contributed by atoms with Crippen molar-refractivity contribution in [1.82, 2.24) is 14.7 Å². The Morgan fingerprint density at radius 1 is 0.921 bits per heavy atom. The summed E-state index contributed by atoms with van der Waals surface area (Å²) in [6.45, 7) is 3.99. The van der Waals surface area contributed by atoms with Crippen LogP contribution >= 0.6 is 11.8 Å². The monoisotopic (exact) mass is 518 g/mol. The van der Waals surface area contributed by atoms with Crippen molar-refractivity contribution < 1.29 is 9.53 Å². The Morgan fingerprint density at radius 2 is 1.55 bits per heavy atom. The normalized spacial score (nSPS) is 16.7. The third-order valence-corrected chi connectivity index (χ3v) is 7.44. The van der Waals surface area contributed by atoms with Crippen molar-refractivity contribution in [3.63, 3.8) is 0 Å². The molecule has 0 fully saturated rings. The molecule has 7 heteroatoms. The van der Waals surface area contributed by atoms with Crippen molar-refractivity contribution >= 4 is 28.6 Å². The Hall–Kier alpha value is -4.36. The molecule has 3 heterocycles. The average Bonchev–Trinajstić information content (AvgIpc) is 3.59. The van der Waals surface area contributed by atoms with Gasteiger partial charge in [0.15, 0.2) is 5.17 Å². The molecule has 2 aliphatic heterocycles. The first-order valence-corrected chi connectivity index (χ1v) is 13.4. The molecule has 0 saturated heterocycles. The van der Waals surface area contributed by atoms with E-state index < -0.39 is 6.04 Å². The van der Waals surface area contributed by atoms with E-state index in [0.717, 1.165) is 38.9 Å². The molecular weight excluding hydrogens is 492 g/mol. The van der Waals surface area contributed by atoms with E-state index in [-0.39, 0.29) is 12.6 Å². The van der Waals surface area contributed by atoms with E-state index in [0.29, 0.717) is 11.3 Å². The van der Waals surface area contributed by atoms with Gasteiger partial charge in [-0.3, -0.25) is 0 Å². The number of carbonyl (C=O) groups is 1. The van der Waals surface area contributed by atoms with Crippen LogP contribution in [0, 0.1) is 0 Å². The maximum absolute atomic E-state index is 13.5. The first kappa shape index (κ1) is 24.0. The Labute approximate surface area is 226 Å². The topological polar surface area (TPSA) is 59.7 Å². The summed E-state index contributed by atoms with van der Waals surface area (Å²) >= 11 is 1.56. The highest BCUT2D eigenvalue weighted by Gasteiger charge is 2.43. The molecule has 6 nitrogen and oxygen atoms in total. The minimum absolute atomic E-state index is 0.282. The van der Waals surface area contributed by atoms with Gasteiger partial charge >= 0.3 is 5.97 Å². The van der Waals surface area contributed by atoms with Crippen LogP contribution in [0.15, 0.2) is 119 Å². The summed E-state index contributed by atoms with van der Waals surface area (Å²) in [7, 11) is 0. The number of hydrogen-bond donors (Lipinski definition) is 0.